The molecular formula is C14H20N2O4S. The highest BCUT2D eigenvalue weighted by atomic mass is 32.2. The monoisotopic (exact) mass is 312 g/mol. The minimum Gasteiger partial charge on any atom is -0.497 e. The summed E-state index contributed by atoms with van der Waals surface area (Å²) >= 11 is 0. The number of amides is 1. The Morgan fingerprint density at radius 2 is 2.14 bits per heavy atom. The number of hydrogen-bond acceptors (Lipinski definition) is 4. The van der Waals surface area contributed by atoms with Crippen LogP contribution >= 0.6 is 0 Å². The summed E-state index contributed by atoms with van der Waals surface area (Å²) in [7, 11) is -2.07. The number of anilines is 1. The summed E-state index contributed by atoms with van der Waals surface area (Å²) < 4.78 is 31.7. The molecule has 6 nitrogen and oxygen atoms in total. The van der Waals surface area contributed by atoms with E-state index < -0.39 is 15.9 Å². The molecule has 1 saturated carbocycles. The zero-order valence-corrected chi connectivity index (χ0v) is 12.9. The first-order chi connectivity index (χ1) is 9.89. The van der Waals surface area contributed by atoms with Crippen molar-refractivity contribution in [1.29, 1.82) is 0 Å². The number of sulfonamides is 1. The fraction of sp³-hybridized carbons (Fsp3) is 0.500. The molecule has 0 bridgehead atoms. The van der Waals surface area contributed by atoms with E-state index in [9.17, 15) is 13.2 Å². The molecule has 0 radical (unpaired) electrons. The highest BCUT2D eigenvalue weighted by Gasteiger charge is 2.28. The van der Waals surface area contributed by atoms with E-state index in [-0.39, 0.29) is 17.7 Å². The minimum atomic E-state index is -3.59. The van der Waals surface area contributed by atoms with Gasteiger partial charge in [-0.2, -0.15) is 0 Å². The van der Waals surface area contributed by atoms with Crippen LogP contribution in [0.25, 0.3) is 0 Å². The van der Waals surface area contributed by atoms with Crippen LogP contribution in [0.2, 0.25) is 0 Å². The Hall–Kier alpha value is -1.76. The van der Waals surface area contributed by atoms with Gasteiger partial charge in [0.2, 0.25) is 15.9 Å². The topological polar surface area (TPSA) is 84.5 Å². The lowest BCUT2D eigenvalue weighted by Gasteiger charge is -2.14. The van der Waals surface area contributed by atoms with Gasteiger partial charge in [-0.25, -0.2) is 8.42 Å². The van der Waals surface area contributed by atoms with Crippen molar-refractivity contribution in [2.24, 2.45) is 5.92 Å². The number of rotatable bonds is 7. The van der Waals surface area contributed by atoms with E-state index in [2.05, 4.69) is 10.0 Å². The van der Waals surface area contributed by atoms with Gasteiger partial charge in [0.15, 0.2) is 0 Å². The van der Waals surface area contributed by atoms with Gasteiger partial charge in [0.05, 0.1) is 24.5 Å². The third kappa shape index (κ3) is 4.93. The van der Waals surface area contributed by atoms with Crippen LogP contribution in [-0.4, -0.2) is 33.2 Å². The molecule has 2 N–H and O–H groups in total. The Kier molecular flexibility index (Phi) is 4.72. The highest BCUT2D eigenvalue weighted by Crippen LogP contribution is 2.20. The largest absolute Gasteiger partial charge is 0.497 e. The van der Waals surface area contributed by atoms with E-state index in [1.54, 1.807) is 31.2 Å². The van der Waals surface area contributed by atoms with Gasteiger partial charge < -0.3 is 10.1 Å². The van der Waals surface area contributed by atoms with Crippen LogP contribution in [0, 0.1) is 5.92 Å². The molecule has 1 unspecified atom stereocenters. The molecule has 116 valence electrons. The second-order valence-corrected chi connectivity index (χ2v) is 7.07. The van der Waals surface area contributed by atoms with Crippen molar-refractivity contribution in [3.05, 3.63) is 24.3 Å². The van der Waals surface area contributed by atoms with Crippen LogP contribution < -0.4 is 14.8 Å². The average molecular weight is 312 g/mol. The number of methoxy groups -OCH3 is 1. The van der Waals surface area contributed by atoms with Gasteiger partial charge >= 0.3 is 0 Å². The predicted molar refractivity (Wildman–Crippen MR) is 80.7 cm³/mol. The first-order valence-electron chi connectivity index (χ1n) is 6.84. The van der Waals surface area contributed by atoms with E-state index in [1.165, 1.54) is 7.11 Å². The lowest BCUT2D eigenvalue weighted by molar-refractivity contribution is -0.124. The Morgan fingerprint density at radius 1 is 1.43 bits per heavy atom. The van der Waals surface area contributed by atoms with E-state index in [4.69, 9.17) is 4.74 Å². The Bertz CT molecular complexity index is 611. The van der Waals surface area contributed by atoms with Gasteiger partial charge in [-0.15, -0.1) is 0 Å². The molecule has 1 aliphatic rings. The van der Waals surface area contributed by atoms with Crippen LogP contribution in [0.1, 0.15) is 19.8 Å². The molecule has 1 aromatic rings. The van der Waals surface area contributed by atoms with Crippen molar-refractivity contribution in [3.63, 3.8) is 0 Å². The first kappa shape index (κ1) is 15.6. The number of hydrogen-bond donors (Lipinski definition) is 2. The van der Waals surface area contributed by atoms with Crippen molar-refractivity contribution in [2.75, 3.05) is 17.6 Å². The van der Waals surface area contributed by atoms with Crippen molar-refractivity contribution in [2.45, 2.75) is 25.8 Å². The summed E-state index contributed by atoms with van der Waals surface area (Å²) in [4.78, 5) is 11.8. The van der Waals surface area contributed by atoms with Gasteiger partial charge in [0, 0.05) is 12.1 Å². The number of nitrogens with one attached hydrogen (secondary N) is 2. The molecule has 0 spiro atoms. The quantitative estimate of drug-likeness (QED) is 0.796. The maximum Gasteiger partial charge on any atom is 0.233 e. The molecule has 1 fully saturated rings. The third-order valence-electron chi connectivity index (χ3n) is 3.18. The summed E-state index contributed by atoms with van der Waals surface area (Å²) in [5.41, 5.74) is 0.421. The number of benzene rings is 1. The molecule has 1 amide bonds. The summed E-state index contributed by atoms with van der Waals surface area (Å²) in [6, 6.07) is 6.87. The average Bonchev–Trinajstić information content (AvgIpc) is 3.21. The fourth-order valence-electron chi connectivity index (χ4n) is 1.88. The zero-order valence-electron chi connectivity index (χ0n) is 12.1. The second-order valence-electron chi connectivity index (χ2n) is 5.30. The van der Waals surface area contributed by atoms with Crippen molar-refractivity contribution in [3.8, 4) is 5.75 Å². The van der Waals surface area contributed by atoms with Crippen LogP contribution in [0.5, 0.6) is 5.75 Å². The molecule has 1 aromatic carbocycles. The molecule has 0 aromatic heterocycles. The predicted octanol–water partition coefficient (Wildman–Crippen LogP) is 1.35. The first-order valence-corrected chi connectivity index (χ1v) is 8.50. The van der Waals surface area contributed by atoms with E-state index >= 15 is 0 Å². The molecule has 1 atom stereocenters. The van der Waals surface area contributed by atoms with Gasteiger partial charge in [-0.05, 0) is 25.0 Å². The van der Waals surface area contributed by atoms with E-state index in [0.717, 1.165) is 12.8 Å². The summed E-state index contributed by atoms with van der Waals surface area (Å²) in [6.45, 7) is 1.61. The normalized spacial score (nSPS) is 16.1. The van der Waals surface area contributed by atoms with E-state index in [1.807, 2.05) is 0 Å². The maximum absolute atomic E-state index is 12.1. The molecule has 21 heavy (non-hydrogen) atoms. The Morgan fingerprint density at radius 3 is 2.76 bits per heavy atom. The molecule has 1 aliphatic carbocycles. The Balaban J connectivity index is 1.95. The van der Waals surface area contributed by atoms with E-state index in [0.29, 0.717) is 11.4 Å². The van der Waals surface area contributed by atoms with Crippen molar-refractivity contribution >= 4 is 21.6 Å². The van der Waals surface area contributed by atoms with Crippen LogP contribution in [0.15, 0.2) is 24.3 Å². The number of ether oxygens (including phenoxy) is 1. The lowest BCUT2D eigenvalue weighted by atomic mass is 10.2. The molecular weight excluding hydrogens is 292 g/mol. The molecule has 7 heteroatoms. The Labute approximate surface area is 124 Å². The number of carbonyl (C=O) groups is 1. The molecule has 0 heterocycles. The summed E-state index contributed by atoms with van der Waals surface area (Å²) in [5.74, 6) is -0.486. The number of carbonyl (C=O) groups excluding carboxylic acids is 1. The van der Waals surface area contributed by atoms with Gasteiger partial charge in [-0.1, -0.05) is 13.0 Å². The van der Waals surface area contributed by atoms with Crippen molar-refractivity contribution < 1.29 is 17.9 Å². The zero-order chi connectivity index (χ0) is 15.5. The standard InChI is InChI=1S/C14H20N2O4S/c1-10(14(17)15-11-6-7-11)9-21(18,19)16-12-4-3-5-13(8-12)20-2/h3-5,8,10-11,16H,6-7,9H2,1-2H3,(H,15,17). The molecule has 0 aliphatic heterocycles. The SMILES string of the molecule is COc1cccc(NS(=O)(=O)CC(C)C(=O)NC2CC2)c1. The second kappa shape index (κ2) is 6.34. The summed E-state index contributed by atoms with van der Waals surface area (Å²) in [6.07, 6.45) is 1.96. The van der Waals surface area contributed by atoms with Crippen LogP contribution in [0.4, 0.5) is 5.69 Å². The van der Waals surface area contributed by atoms with Gasteiger partial charge in [-0.3, -0.25) is 9.52 Å². The minimum absolute atomic E-state index is 0.214. The summed E-state index contributed by atoms with van der Waals surface area (Å²) in [5, 5.41) is 2.81. The fourth-order valence-corrected chi connectivity index (χ4v) is 3.26. The van der Waals surface area contributed by atoms with Gasteiger partial charge in [0.1, 0.15) is 5.75 Å². The van der Waals surface area contributed by atoms with Crippen LogP contribution in [0.3, 0.4) is 0 Å². The lowest BCUT2D eigenvalue weighted by Crippen LogP contribution is -2.35. The molecule has 2 rings (SSSR count). The third-order valence-corrected chi connectivity index (χ3v) is 4.67. The van der Waals surface area contributed by atoms with Crippen molar-refractivity contribution in [1.82, 2.24) is 5.32 Å². The maximum atomic E-state index is 12.1. The molecule has 0 saturated heterocycles. The smallest absolute Gasteiger partial charge is 0.233 e. The van der Waals surface area contributed by atoms with Gasteiger partial charge in [0.25, 0.3) is 0 Å². The van der Waals surface area contributed by atoms with Crippen LogP contribution in [-0.2, 0) is 14.8 Å². The highest BCUT2D eigenvalue weighted by molar-refractivity contribution is 7.92.